The molecule has 0 aliphatic heterocycles. The van der Waals surface area contributed by atoms with E-state index in [4.69, 9.17) is 22.4 Å². The number of carboxylic acids is 1. The number of nitrogens with two attached hydrogens (primary N) is 1. The van der Waals surface area contributed by atoms with Crippen LogP contribution in [0.2, 0.25) is 4.34 Å². The topological polar surface area (TPSA) is 109 Å². The predicted octanol–water partition coefficient (Wildman–Crippen LogP) is 2.52. The van der Waals surface area contributed by atoms with Crippen LogP contribution in [0.4, 0.5) is 0 Å². The third-order valence-electron chi connectivity index (χ3n) is 3.28. The van der Waals surface area contributed by atoms with Gasteiger partial charge in [0.25, 0.3) is 5.91 Å². The lowest BCUT2D eigenvalue weighted by Crippen LogP contribution is -2.44. The fourth-order valence-electron chi connectivity index (χ4n) is 2.08. The van der Waals surface area contributed by atoms with Gasteiger partial charge in [-0.15, -0.1) is 11.3 Å². The second-order valence-corrected chi connectivity index (χ2v) is 6.76. The molecule has 2 rings (SSSR count). The SMILES string of the molecule is NC(=O)[C@H](CCC(=O)O)NC(=O)c1cccc(-c2ccc(Cl)s2)c1. The van der Waals surface area contributed by atoms with Gasteiger partial charge in [0.2, 0.25) is 5.91 Å². The largest absolute Gasteiger partial charge is 0.481 e. The zero-order valence-corrected chi connectivity index (χ0v) is 14.1. The van der Waals surface area contributed by atoms with Crippen LogP contribution in [-0.2, 0) is 9.59 Å². The quantitative estimate of drug-likeness (QED) is 0.699. The molecule has 0 unspecified atom stereocenters. The maximum absolute atomic E-state index is 12.3. The molecule has 1 aromatic carbocycles. The Morgan fingerprint density at radius 1 is 1.25 bits per heavy atom. The molecule has 0 bridgehead atoms. The summed E-state index contributed by atoms with van der Waals surface area (Å²) in [5.41, 5.74) is 6.38. The van der Waals surface area contributed by atoms with Gasteiger partial charge in [-0.2, -0.15) is 0 Å². The van der Waals surface area contributed by atoms with Gasteiger partial charge in [-0.3, -0.25) is 14.4 Å². The fourth-order valence-corrected chi connectivity index (χ4v) is 3.12. The summed E-state index contributed by atoms with van der Waals surface area (Å²) in [6.07, 6.45) is -0.321. The van der Waals surface area contributed by atoms with Gasteiger partial charge in [0.05, 0.1) is 4.34 Å². The summed E-state index contributed by atoms with van der Waals surface area (Å²) in [5.74, 6) is -2.33. The van der Waals surface area contributed by atoms with Crippen molar-refractivity contribution >= 4 is 40.7 Å². The molecule has 0 aliphatic carbocycles. The average Bonchev–Trinajstić information content (AvgIpc) is 2.97. The van der Waals surface area contributed by atoms with Crippen molar-refractivity contribution in [3.05, 3.63) is 46.3 Å². The summed E-state index contributed by atoms with van der Waals surface area (Å²) in [6.45, 7) is 0. The highest BCUT2D eigenvalue weighted by molar-refractivity contribution is 7.19. The van der Waals surface area contributed by atoms with Crippen molar-refractivity contribution in [3.63, 3.8) is 0 Å². The highest BCUT2D eigenvalue weighted by Crippen LogP contribution is 2.31. The number of carbonyl (C=O) groups excluding carboxylic acids is 2. The summed E-state index contributed by atoms with van der Waals surface area (Å²) in [4.78, 5) is 35.2. The molecule has 0 saturated heterocycles. The first-order chi connectivity index (χ1) is 11.4. The Hall–Kier alpha value is -2.38. The number of benzene rings is 1. The lowest BCUT2D eigenvalue weighted by atomic mass is 10.1. The van der Waals surface area contributed by atoms with Crippen molar-refractivity contribution < 1.29 is 19.5 Å². The van der Waals surface area contributed by atoms with Gasteiger partial charge in [0.1, 0.15) is 6.04 Å². The number of amides is 2. The Morgan fingerprint density at radius 3 is 2.58 bits per heavy atom. The Bertz CT molecular complexity index is 775. The van der Waals surface area contributed by atoms with Crippen molar-refractivity contribution in [3.8, 4) is 10.4 Å². The zero-order chi connectivity index (χ0) is 17.7. The molecule has 6 nitrogen and oxygen atoms in total. The maximum atomic E-state index is 12.3. The minimum absolute atomic E-state index is 0.0589. The first-order valence-electron chi connectivity index (χ1n) is 7.04. The van der Waals surface area contributed by atoms with Crippen molar-refractivity contribution in [1.82, 2.24) is 5.32 Å². The standard InChI is InChI=1S/C16H15ClN2O4S/c17-13-6-5-12(24-13)9-2-1-3-10(8-9)16(23)19-11(15(18)22)4-7-14(20)21/h1-3,5-6,8,11H,4,7H2,(H2,18,22)(H,19,23)(H,20,21)/t11-/m0/s1. The number of rotatable bonds is 7. The fraction of sp³-hybridized carbons (Fsp3) is 0.188. The van der Waals surface area contributed by atoms with E-state index in [9.17, 15) is 14.4 Å². The third kappa shape index (κ3) is 4.81. The van der Waals surface area contributed by atoms with Gasteiger partial charge in [-0.1, -0.05) is 23.7 Å². The van der Waals surface area contributed by atoms with Crippen molar-refractivity contribution in [2.45, 2.75) is 18.9 Å². The van der Waals surface area contributed by atoms with E-state index in [2.05, 4.69) is 5.32 Å². The molecular weight excluding hydrogens is 352 g/mol. The van der Waals surface area contributed by atoms with E-state index in [-0.39, 0.29) is 12.8 Å². The van der Waals surface area contributed by atoms with Gasteiger partial charge in [-0.25, -0.2) is 0 Å². The van der Waals surface area contributed by atoms with E-state index >= 15 is 0 Å². The van der Waals surface area contributed by atoms with Crippen LogP contribution in [0.1, 0.15) is 23.2 Å². The van der Waals surface area contributed by atoms with Crippen LogP contribution in [0.25, 0.3) is 10.4 Å². The monoisotopic (exact) mass is 366 g/mol. The van der Waals surface area contributed by atoms with Crippen LogP contribution in [0.5, 0.6) is 0 Å². The Morgan fingerprint density at radius 2 is 2.00 bits per heavy atom. The Balaban J connectivity index is 2.13. The lowest BCUT2D eigenvalue weighted by molar-refractivity contribution is -0.137. The zero-order valence-electron chi connectivity index (χ0n) is 12.5. The lowest BCUT2D eigenvalue weighted by Gasteiger charge is -2.14. The highest BCUT2D eigenvalue weighted by atomic mass is 35.5. The average molecular weight is 367 g/mol. The number of halogens is 1. The number of thiophene rings is 1. The molecule has 0 radical (unpaired) electrons. The van der Waals surface area contributed by atoms with E-state index in [1.165, 1.54) is 11.3 Å². The van der Waals surface area contributed by atoms with E-state index in [0.717, 1.165) is 10.4 Å². The summed E-state index contributed by atoms with van der Waals surface area (Å²) in [6, 6.07) is 9.42. The molecule has 1 heterocycles. The normalized spacial score (nSPS) is 11.7. The molecule has 8 heteroatoms. The van der Waals surface area contributed by atoms with Gasteiger partial charge in [0, 0.05) is 16.9 Å². The molecule has 1 aromatic heterocycles. The molecule has 24 heavy (non-hydrogen) atoms. The van der Waals surface area contributed by atoms with Crippen molar-refractivity contribution in [2.75, 3.05) is 0 Å². The first-order valence-corrected chi connectivity index (χ1v) is 8.24. The van der Waals surface area contributed by atoms with E-state index in [1.807, 2.05) is 12.1 Å². The van der Waals surface area contributed by atoms with Gasteiger partial charge in [-0.05, 0) is 36.2 Å². The highest BCUT2D eigenvalue weighted by Gasteiger charge is 2.20. The molecule has 2 aromatic rings. The molecule has 2 amide bonds. The summed E-state index contributed by atoms with van der Waals surface area (Å²) < 4.78 is 0.641. The van der Waals surface area contributed by atoms with Crippen LogP contribution >= 0.6 is 22.9 Å². The van der Waals surface area contributed by atoms with Gasteiger partial charge in [0.15, 0.2) is 0 Å². The summed E-state index contributed by atoms with van der Waals surface area (Å²) in [7, 11) is 0. The first kappa shape index (κ1) is 18.0. The number of aliphatic carboxylic acids is 1. The molecular formula is C16H15ClN2O4S. The van der Waals surface area contributed by atoms with Crippen LogP contribution in [0.15, 0.2) is 36.4 Å². The van der Waals surface area contributed by atoms with Gasteiger partial charge < -0.3 is 16.2 Å². The molecule has 126 valence electrons. The molecule has 0 fully saturated rings. The van der Waals surface area contributed by atoms with Crippen LogP contribution in [0, 0.1) is 0 Å². The van der Waals surface area contributed by atoms with Crippen LogP contribution in [0.3, 0.4) is 0 Å². The molecule has 0 spiro atoms. The van der Waals surface area contributed by atoms with Gasteiger partial charge >= 0.3 is 5.97 Å². The number of primary amides is 1. The van der Waals surface area contributed by atoms with Crippen LogP contribution in [-0.4, -0.2) is 28.9 Å². The Labute approximate surface area is 147 Å². The smallest absolute Gasteiger partial charge is 0.303 e. The number of nitrogens with one attached hydrogen (secondary N) is 1. The number of carbonyl (C=O) groups is 3. The molecule has 0 aliphatic rings. The van der Waals surface area contributed by atoms with E-state index in [1.54, 1.807) is 24.3 Å². The molecule has 4 N–H and O–H groups in total. The Kier molecular flexibility index (Phi) is 5.94. The van der Waals surface area contributed by atoms with Crippen molar-refractivity contribution in [1.29, 1.82) is 0 Å². The van der Waals surface area contributed by atoms with E-state index < -0.39 is 23.8 Å². The minimum Gasteiger partial charge on any atom is -0.481 e. The number of hydrogen-bond donors (Lipinski definition) is 3. The predicted molar refractivity (Wildman–Crippen MR) is 92.1 cm³/mol. The second-order valence-electron chi connectivity index (χ2n) is 5.05. The number of carboxylic acid groups (broad SMARTS) is 1. The van der Waals surface area contributed by atoms with E-state index in [0.29, 0.717) is 9.90 Å². The second kappa shape index (κ2) is 7.94. The molecule has 1 atom stereocenters. The third-order valence-corrected chi connectivity index (χ3v) is 4.56. The van der Waals surface area contributed by atoms with Crippen LogP contribution < -0.4 is 11.1 Å². The summed E-state index contributed by atoms with van der Waals surface area (Å²) in [5, 5.41) is 11.2. The summed E-state index contributed by atoms with van der Waals surface area (Å²) >= 11 is 7.30. The number of hydrogen-bond acceptors (Lipinski definition) is 4. The van der Waals surface area contributed by atoms with Crippen molar-refractivity contribution in [2.24, 2.45) is 5.73 Å². The maximum Gasteiger partial charge on any atom is 0.303 e. The minimum atomic E-state index is -1.06. The molecule has 0 saturated carbocycles.